The largest absolute Gasteiger partial charge is 0.509 e. The van der Waals surface area contributed by atoms with Crippen molar-refractivity contribution in [3.63, 3.8) is 0 Å². The number of hydrogen-bond donors (Lipinski definition) is 1. The number of ether oxygens (including phenoxy) is 3. The third kappa shape index (κ3) is 2.81. The van der Waals surface area contributed by atoms with Crippen LogP contribution in [0.2, 0.25) is 0 Å². The molecule has 1 aliphatic rings. The smallest absolute Gasteiger partial charge is 0.466 e. The van der Waals surface area contributed by atoms with Crippen molar-refractivity contribution in [2.45, 2.75) is 51.7 Å². The maximum Gasteiger partial charge on any atom is 0.509 e. The number of carbonyl (C=O) groups excluding carboxylic acids is 3. The van der Waals surface area contributed by atoms with Gasteiger partial charge in [0.2, 0.25) is 11.5 Å². The number of nitrogens with one attached hydrogen (secondary N) is 1. The van der Waals surface area contributed by atoms with E-state index in [9.17, 15) is 14.4 Å². The Morgan fingerprint density at radius 3 is 2.04 bits per heavy atom. The second-order valence-corrected chi connectivity index (χ2v) is 7.14. The summed E-state index contributed by atoms with van der Waals surface area (Å²) in [5.41, 5.74) is 0.187. The topological polar surface area (TPSA) is 90.9 Å². The zero-order chi connectivity index (χ0) is 19.9. The van der Waals surface area contributed by atoms with E-state index in [2.05, 4.69) is 10.1 Å². The van der Waals surface area contributed by atoms with Gasteiger partial charge in [0.15, 0.2) is 0 Å². The summed E-state index contributed by atoms with van der Waals surface area (Å²) in [4.78, 5) is 37.8. The molecule has 0 bridgehead atoms. The molecule has 0 saturated carbocycles. The Labute approximate surface area is 153 Å². The van der Waals surface area contributed by atoms with E-state index in [1.165, 1.54) is 7.11 Å². The predicted molar refractivity (Wildman–Crippen MR) is 93.9 cm³/mol. The van der Waals surface area contributed by atoms with Crippen LogP contribution < -0.4 is 5.32 Å². The molecule has 7 heteroatoms. The molecular formula is C19H25NO6. The molecule has 1 saturated heterocycles. The standard InChI is InChI=1S/C19H25NO6/c1-10-8-11(2)13(12(3)9-10)14-15(21)20-18(4,5)19(14,16(22)24-6)26-17(23)25-7/h8-9,14H,1-7H3,(H,20,21). The van der Waals surface area contributed by atoms with Gasteiger partial charge in [0.05, 0.1) is 19.8 Å². The fraction of sp³-hybridized carbons (Fsp3) is 0.526. The Balaban J connectivity index is 2.81. The number of amides is 1. The van der Waals surface area contributed by atoms with Gasteiger partial charge < -0.3 is 19.5 Å². The highest BCUT2D eigenvalue weighted by atomic mass is 16.7. The van der Waals surface area contributed by atoms with E-state index >= 15 is 0 Å². The van der Waals surface area contributed by atoms with Crippen LogP contribution in [0, 0.1) is 20.8 Å². The number of hydrogen-bond acceptors (Lipinski definition) is 6. The molecule has 1 aliphatic heterocycles. The van der Waals surface area contributed by atoms with Crippen LogP contribution in [0.25, 0.3) is 0 Å². The molecule has 7 nitrogen and oxygen atoms in total. The zero-order valence-electron chi connectivity index (χ0n) is 16.2. The summed E-state index contributed by atoms with van der Waals surface area (Å²) in [6.45, 7) is 8.89. The van der Waals surface area contributed by atoms with Gasteiger partial charge >= 0.3 is 12.1 Å². The van der Waals surface area contributed by atoms with Crippen LogP contribution in [0.5, 0.6) is 0 Å². The first kappa shape index (κ1) is 19.8. The maximum absolute atomic E-state index is 12.9. The van der Waals surface area contributed by atoms with Gasteiger partial charge in [-0.1, -0.05) is 17.7 Å². The monoisotopic (exact) mass is 363 g/mol. The lowest BCUT2D eigenvalue weighted by atomic mass is 9.72. The number of esters is 1. The van der Waals surface area contributed by atoms with E-state index in [4.69, 9.17) is 9.47 Å². The zero-order valence-corrected chi connectivity index (χ0v) is 16.2. The number of methoxy groups -OCH3 is 2. The van der Waals surface area contributed by atoms with Crippen molar-refractivity contribution in [2.24, 2.45) is 0 Å². The Bertz CT molecular complexity index is 746. The van der Waals surface area contributed by atoms with Crippen LogP contribution in [0.15, 0.2) is 12.1 Å². The highest BCUT2D eigenvalue weighted by Crippen LogP contribution is 2.48. The Hall–Kier alpha value is -2.57. The van der Waals surface area contributed by atoms with Gasteiger partial charge in [-0.25, -0.2) is 9.59 Å². The molecule has 1 amide bonds. The number of rotatable bonds is 3. The quantitative estimate of drug-likeness (QED) is 0.829. The first-order valence-electron chi connectivity index (χ1n) is 8.27. The third-order valence-electron chi connectivity index (χ3n) is 4.96. The molecule has 1 aromatic rings. The maximum atomic E-state index is 12.9. The number of benzene rings is 1. The van der Waals surface area contributed by atoms with Crippen LogP contribution in [0.3, 0.4) is 0 Å². The van der Waals surface area contributed by atoms with Crippen LogP contribution in [-0.2, 0) is 23.8 Å². The minimum atomic E-state index is -1.91. The Kier molecular flexibility index (Phi) is 5.03. The lowest BCUT2D eigenvalue weighted by Gasteiger charge is -2.39. The first-order chi connectivity index (χ1) is 12.0. The van der Waals surface area contributed by atoms with E-state index in [-0.39, 0.29) is 0 Å². The lowest BCUT2D eigenvalue weighted by molar-refractivity contribution is -0.172. The minimum absolute atomic E-state index is 0.417. The molecule has 0 aliphatic carbocycles. The van der Waals surface area contributed by atoms with Crippen LogP contribution in [-0.4, -0.2) is 43.4 Å². The molecule has 26 heavy (non-hydrogen) atoms. The van der Waals surface area contributed by atoms with Gasteiger partial charge in [0.1, 0.15) is 5.92 Å². The fourth-order valence-electron chi connectivity index (χ4n) is 3.93. The first-order valence-corrected chi connectivity index (χ1v) is 8.27. The molecule has 2 unspecified atom stereocenters. The van der Waals surface area contributed by atoms with E-state index in [0.717, 1.165) is 23.8 Å². The third-order valence-corrected chi connectivity index (χ3v) is 4.96. The summed E-state index contributed by atoms with van der Waals surface area (Å²) in [5, 5.41) is 2.77. The van der Waals surface area contributed by atoms with Crippen molar-refractivity contribution in [1.82, 2.24) is 5.32 Å². The molecule has 0 spiro atoms. The number of carbonyl (C=O) groups is 3. The number of aryl methyl sites for hydroxylation is 3. The fourth-order valence-corrected chi connectivity index (χ4v) is 3.93. The van der Waals surface area contributed by atoms with Crippen molar-refractivity contribution < 1.29 is 28.6 Å². The van der Waals surface area contributed by atoms with Crippen LogP contribution >= 0.6 is 0 Å². The van der Waals surface area contributed by atoms with Gasteiger partial charge in [0.25, 0.3) is 0 Å². The molecule has 1 heterocycles. The summed E-state index contributed by atoms with van der Waals surface area (Å²) >= 11 is 0. The second-order valence-electron chi connectivity index (χ2n) is 7.14. The SMILES string of the molecule is COC(=O)OC1(C(=O)OC)C(c2c(C)cc(C)cc2C)C(=O)NC1(C)C. The van der Waals surface area contributed by atoms with E-state index in [0.29, 0.717) is 5.56 Å². The van der Waals surface area contributed by atoms with Gasteiger partial charge in [-0.3, -0.25) is 4.79 Å². The van der Waals surface area contributed by atoms with Gasteiger partial charge in [-0.15, -0.1) is 0 Å². The molecule has 2 atom stereocenters. The molecule has 1 N–H and O–H groups in total. The molecular weight excluding hydrogens is 338 g/mol. The molecule has 0 aromatic heterocycles. The van der Waals surface area contributed by atoms with E-state index in [1.807, 2.05) is 32.9 Å². The highest BCUT2D eigenvalue weighted by Gasteiger charge is 2.69. The minimum Gasteiger partial charge on any atom is -0.466 e. The van der Waals surface area contributed by atoms with Crippen molar-refractivity contribution in [1.29, 1.82) is 0 Å². The average molecular weight is 363 g/mol. The predicted octanol–water partition coefficient (Wildman–Crippen LogP) is 2.30. The van der Waals surface area contributed by atoms with E-state index in [1.54, 1.807) is 13.8 Å². The average Bonchev–Trinajstić information content (AvgIpc) is 2.73. The van der Waals surface area contributed by atoms with Crippen molar-refractivity contribution in [2.75, 3.05) is 14.2 Å². The molecule has 142 valence electrons. The summed E-state index contributed by atoms with van der Waals surface area (Å²) in [7, 11) is 2.33. The summed E-state index contributed by atoms with van der Waals surface area (Å²) < 4.78 is 15.0. The van der Waals surface area contributed by atoms with Crippen molar-refractivity contribution in [3.8, 4) is 0 Å². The lowest BCUT2D eigenvalue weighted by Crippen LogP contribution is -2.62. The summed E-state index contributed by atoms with van der Waals surface area (Å²) in [6.07, 6.45) is -1.06. The Morgan fingerprint density at radius 1 is 1.04 bits per heavy atom. The van der Waals surface area contributed by atoms with Crippen LogP contribution in [0.4, 0.5) is 4.79 Å². The Morgan fingerprint density at radius 2 is 1.58 bits per heavy atom. The molecule has 1 aromatic carbocycles. The summed E-state index contributed by atoms with van der Waals surface area (Å²) in [6, 6.07) is 3.84. The normalized spacial score (nSPS) is 24.0. The van der Waals surface area contributed by atoms with Gasteiger partial charge in [-0.05, 0) is 51.3 Å². The van der Waals surface area contributed by atoms with Crippen molar-refractivity contribution in [3.05, 3.63) is 34.4 Å². The van der Waals surface area contributed by atoms with Crippen LogP contribution in [0.1, 0.15) is 42.0 Å². The van der Waals surface area contributed by atoms with Crippen molar-refractivity contribution >= 4 is 18.0 Å². The second kappa shape index (κ2) is 6.63. The molecule has 2 rings (SSSR count). The van der Waals surface area contributed by atoms with Gasteiger partial charge in [0, 0.05) is 0 Å². The molecule has 1 fully saturated rings. The molecule has 0 radical (unpaired) electrons. The van der Waals surface area contributed by atoms with E-state index < -0.39 is 35.1 Å². The highest BCUT2D eigenvalue weighted by molar-refractivity contribution is 6.01. The summed E-state index contributed by atoms with van der Waals surface area (Å²) in [5.74, 6) is -2.31. The van der Waals surface area contributed by atoms with Gasteiger partial charge in [-0.2, -0.15) is 0 Å².